The first-order chi connectivity index (χ1) is 10.3. The molecule has 0 spiro atoms. The Morgan fingerprint density at radius 1 is 0.952 bits per heavy atom. The molecule has 3 rings (SSSR count). The van der Waals surface area contributed by atoms with E-state index in [0.29, 0.717) is 18.4 Å². The molecule has 0 aromatic rings. The number of carbonyl (C=O) groups is 1. The summed E-state index contributed by atoms with van der Waals surface area (Å²) in [6.45, 7) is 6.48. The van der Waals surface area contributed by atoms with Crippen molar-refractivity contribution in [1.29, 1.82) is 0 Å². The average Bonchev–Trinajstić information content (AvgIpc) is 3.18. The molecule has 0 aromatic carbocycles. The fourth-order valence-corrected chi connectivity index (χ4v) is 4.54. The number of carbonyl (C=O) groups excluding carboxylic acids is 1. The zero-order chi connectivity index (χ0) is 14.7. The van der Waals surface area contributed by atoms with Crippen LogP contribution in [-0.2, 0) is 4.79 Å². The summed E-state index contributed by atoms with van der Waals surface area (Å²) in [5.74, 6) is 1.88. The van der Waals surface area contributed by atoms with Gasteiger partial charge in [-0.25, -0.2) is 0 Å². The molecule has 2 atom stereocenters. The van der Waals surface area contributed by atoms with Crippen LogP contribution < -0.4 is 5.73 Å². The van der Waals surface area contributed by atoms with E-state index >= 15 is 0 Å². The van der Waals surface area contributed by atoms with Crippen LogP contribution in [0.4, 0.5) is 0 Å². The minimum atomic E-state index is 0.227. The molecule has 0 bridgehead atoms. The Hall–Kier alpha value is -0.610. The molecule has 4 heteroatoms. The number of hydrogen-bond acceptors (Lipinski definition) is 3. The summed E-state index contributed by atoms with van der Waals surface area (Å²) in [6.07, 6.45) is 8.54. The monoisotopic (exact) mass is 293 g/mol. The molecular weight excluding hydrogens is 262 g/mol. The van der Waals surface area contributed by atoms with Gasteiger partial charge in [0, 0.05) is 25.6 Å². The van der Waals surface area contributed by atoms with Crippen LogP contribution in [0.3, 0.4) is 0 Å². The van der Waals surface area contributed by atoms with Crippen LogP contribution in [0.1, 0.15) is 44.9 Å². The van der Waals surface area contributed by atoms with Gasteiger partial charge in [-0.2, -0.15) is 0 Å². The van der Waals surface area contributed by atoms with Crippen LogP contribution >= 0.6 is 0 Å². The summed E-state index contributed by atoms with van der Waals surface area (Å²) in [5.41, 5.74) is 5.83. The van der Waals surface area contributed by atoms with E-state index in [-0.39, 0.29) is 5.92 Å². The molecule has 0 radical (unpaired) electrons. The second-order valence-corrected chi connectivity index (χ2v) is 7.31. The van der Waals surface area contributed by atoms with E-state index in [1.54, 1.807) is 0 Å². The third-order valence-corrected chi connectivity index (χ3v) is 5.92. The van der Waals surface area contributed by atoms with Crippen molar-refractivity contribution in [2.24, 2.45) is 23.5 Å². The summed E-state index contributed by atoms with van der Waals surface area (Å²) >= 11 is 0. The van der Waals surface area contributed by atoms with Gasteiger partial charge < -0.3 is 15.5 Å². The van der Waals surface area contributed by atoms with Gasteiger partial charge in [0.15, 0.2) is 0 Å². The molecule has 2 saturated heterocycles. The van der Waals surface area contributed by atoms with Gasteiger partial charge in [-0.1, -0.05) is 6.42 Å². The Labute approximate surface area is 129 Å². The van der Waals surface area contributed by atoms with Crippen molar-refractivity contribution >= 4 is 5.91 Å². The summed E-state index contributed by atoms with van der Waals surface area (Å²) in [5, 5.41) is 0. The lowest BCUT2D eigenvalue weighted by atomic mass is 9.91. The molecule has 120 valence electrons. The molecule has 3 aliphatic rings. The van der Waals surface area contributed by atoms with Gasteiger partial charge in [0.25, 0.3) is 0 Å². The van der Waals surface area contributed by atoms with Crippen molar-refractivity contribution < 1.29 is 4.79 Å². The molecule has 4 nitrogen and oxygen atoms in total. The van der Waals surface area contributed by atoms with Gasteiger partial charge in [0.1, 0.15) is 0 Å². The van der Waals surface area contributed by atoms with Crippen LogP contribution in [0.15, 0.2) is 0 Å². The number of amides is 1. The first kappa shape index (κ1) is 15.3. The van der Waals surface area contributed by atoms with Crippen LogP contribution in [-0.4, -0.2) is 55.0 Å². The third-order valence-electron chi connectivity index (χ3n) is 5.92. The minimum absolute atomic E-state index is 0.227. The Bertz CT molecular complexity index is 346. The number of rotatable bonds is 4. The van der Waals surface area contributed by atoms with Crippen molar-refractivity contribution in [1.82, 2.24) is 9.80 Å². The molecule has 1 saturated carbocycles. The Morgan fingerprint density at radius 2 is 1.67 bits per heavy atom. The number of hydrogen-bond donors (Lipinski definition) is 1. The molecule has 2 N–H and O–H groups in total. The summed E-state index contributed by atoms with van der Waals surface area (Å²) in [7, 11) is 0. The van der Waals surface area contributed by atoms with Crippen LogP contribution in [0.5, 0.6) is 0 Å². The van der Waals surface area contributed by atoms with Crippen molar-refractivity contribution in [2.45, 2.75) is 44.9 Å². The third kappa shape index (κ3) is 3.59. The van der Waals surface area contributed by atoms with Gasteiger partial charge in [0.2, 0.25) is 5.91 Å². The largest absolute Gasteiger partial charge is 0.342 e. The Kier molecular flexibility index (Phi) is 5.17. The molecule has 21 heavy (non-hydrogen) atoms. The highest BCUT2D eigenvalue weighted by molar-refractivity contribution is 5.79. The Morgan fingerprint density at radius 3 is 2.33 bits per heavy atom. The predicted molar refractivity (Wildman–Crippen MR) is 84.9 cm³/mol. The maximum absolute atomic E-state index is 12.7. The molecule has 1 amide bonds. The summed E-state index contributed by atoms with van der Waals surface area (Å²) in [4.78, 5) is 17.4. The van der Waals surface area contributed by atoms with Gasteiger partial charge in [-0.3, -0.25) is 4.79 Å². The second kappa shape index (κ2) is 7.10. The fraction of sp³-hybridized carbons (Fsp3) is 0.941. The quantitative estimate of drug-likeness (QED) is 0.858. The standard InChI is InChI=1S/C17H31N3O/c18-12-15-4-3-5-16(15)17(21)20-10-6-14(7-11-20)13-19-8-1-2-9-19/h14-16H,1-13,18H2/t15-,16-/m1/s1. The molecule has 0 unspecified atom stereocenters. The Balaban J connectivity index is 1.45. The summed E-state index contributed by atoms with van der Waals surface area (Å²) in [6, 6.07) is 0. The number of nitrogens with two attached hydrogens (primary N) is 1. The normalized spacial score (nSPS) is 32.0. The fourth-order valence-electron chi connectivity index (χ4n) is 4.54. The minimum Gasteiger partial charge on any atom is -0.342 e. The van der Waals surface area contributed by atoms with Gasteiger partial charge in [-0.05, 0) is 70.0 Å². The lowest BCUT2D eigenvalue weighted by Crippen LogP contribution is -2.45. The lowest BCUT2D eigenvalue weighted by Gasteiger charge is -2.36. The van der Waals surface area contributed by atoms with Crippen molar-refractivity contribution in [3.8, 4) is 0 Å². The van der Waals surface area contributed by atoms with E-state index in [4.69, 9.17) is 5.73 Å². The summed E-state index contributed by atoms with van der Waals surface area (Å²) < 4.78 is 0. The van der Waals surface area contributed by atoms with E-state index in [1.807, 2.05) is 0 Å². The van der Waals surface area contributed by atoms with Crippen LogP contribution in [0, 0.1) is 17.8 Å². The SMILES string of the molecule is NC[C@H]1CCC[C@H]1C(=O)N1CCC(CN2CCCC2)CC1. The molecular formula is C17H31N3O. The number of piperidine rings is 1. The highest BCUT2D eigenvalue weighted by atomic mass is 16.2. The van der Waals surface area contributed by atoms with E-state index < -0.39 is 0 Å². The molecule has 3 fully saturated rings. The highest BCUT2D eigenvalue weighted by Crippen LogP contribution is 2.33. The number of nitrogens with zero attached hydrogens (tertiary/aromatic N) is 2. The lowest BCUT2D eigenvalue weighted by molar-refractivity contribution is -0.138. The topological polar surface area (TPSA) is 49.6 Å². The maximum atomic E-state index is 12.7. The highest BCUT2D eigenvalue weighted by Gasteiger charge is 2.36. The zero-order valence-electron chi connectivity index (χ0n) is 13.3. The van der Waals surface area contributed by atoms with Gasteiger partial charge >= 0.3 is 0 Å². The van der Waals surface area contributed by atoms with Gasteiger partial charge in [0.05, 0.1) is 0 Å². The van der Waals surface area contributed by atoms with E-state index in [0.717, 1.165) is 31.8 Å². The van der Waals surface area contributed by atoms with Crippen molar-refractivity contribution in [2.75, 3.05) is 39.3 Å². The second-order valence-electron chi connectivity index (χ2n) is 7.31. The van der Waals surface area contributed by atoms with Crippen molar-refractivity contribution in [3.05, 3.63) is 0 Å². The van der Waals surface area contributed by atoms with E-state index in [2.05, 4.69) is 9.80 Å². The number of likely N-dealkylation sites (tertiary alicyclic amines) is 2. The molecule has 0 aromatic heterocycles. The predicted octanol–water partition coefficient (Wildman–Crippen LogP) is 1.70. The molecule has 2 heterocycles. The van der Waals surface area contributed by atoms with Crippen molar-refractivity contribution in [3.63, 3.8) is 0 Å². The smallest absolute Gasteiger partial charge is 0.226 e. The maximum Gasteiger partial charge on any atom is 0.226 e. The molecule has 1 aliphatic carbocycles. The first-order valence-corrected chi connectivity index (χ1v) is 8.99. The van der Waals surface area contributed by atoms with E-state index in [1.165, 1.54) is 51.7 Å². The van der Waals surface area contributed by atoms with Gasteiger partial charge in [-0.15, -0.1) is 0 Å². The molecule has 2 aliphatic heterocycles. The van der Waals surface area contributed by atoms with Crippen LogP contribution in [0.2, 0.25) is 0 Å². The zero-order valence-corrected chi connectivity index (χ0v) is 13.3. The van der Waals surface area contributed by atoms with E-state index in [9.17, 15) is 4.79 Å². The first-order valence-electron chi connectivity index (χ1n) is 8.99. The average molecular weight is 293 g/mol. The van der Waals surface area contributed by atoms with Crippen LogP contribution in [0.25, 0.3) is 0 Å².